The quantitative estimate of drug-likeness (QED) is 0.0890. The number of anilines is 2. The summed E-state index contributed by atoms with van der Waals surface area (Å²) in [6, 6.07) is 36.4. The number of methoxy groups -OCH3 is 2. The second-order valence-corrected chi connectivity index (χ2v) is 12.0. The molecule has 3 N–H and O–H groups in total. The van der Waals surface area contributed by atoms with Crippen LogP contribution in [-0.2, 0) is 38.5 Å². The second kappa shape index (κ2) is 19.7. The van der Waals surface area contributed by atoms with Crippen molar-refractivity contribution in [2.45, 2.75) is 31.5 Å². The standard InChI is InChI=1S/C21H21N3O3.C21H19N3O3/c2*1-27-21(26)19(11-15-5-3-2-4-6-15)24-20-12-18(22-14-23-20)17-9-7-16(13-25)8-10-17/h2-10,12,14,19,25H,11,13H2,1H3,(H,22,23,24);2-10,12-14,19H,11H2,1H3,(H,22,23,24). The monoisotopic (exact) mass is 724 g/mol. The lowest BCUT2D eigenvalue weighted by molar-refractivity contribution is -0.142. The molecule has 0 amide bonds. The zero-order chi connectivity index (χ0) is 38.1. The van der Waals surface area contributed by atoms with Gasteiger partial charge in [-0.25, -0.2) is 29.5 Å². The number of ether oxygens (including phenoxy) is 2. The normalized spacial score (nSPS) is 11.5. The predicted molar refractivity (Wildman–Crippen MR) is 205 cm³/mol. The van der Waals surface area contributed by atoms with Gasteiger partial charge in [0.15, 0.2) is 0 Å². The van der Waals surface area contributed by atoms with Gasteiger partial charge in [-0.2, -0.15) is 0 Å². The van der Waals surface area contributed by atoms with E-state index in [1.54, 1.807) is 24.3 Å². The summed E-state index contributed by atoms with van der Waals surface area (Å²) in [6.07, 6.45) is 4.64. The molecular weight excluding hydrogens is 684 g/mol. The van der Waals surface area contributed by atoms with Gasteiger partial charge in [0.25, 0.3) is 0 Å². The molecule has 4 aromatic carbocycles. The highest BCUT2D eigenvalue weighted by atomic mass is 16.5. The smallest absolute Gasteiger partial charge is 0.328 e. The predicted octanol–water partition coefficient (Wildman–Crippen LogP) is 5.98. The molecule has 12 heteroatoms. The zero-order valence-corrected chi connectivity index (χ0v) is 29.8. The summed E-state index contributed by atoms with van der Waals surface area (Å²) < 4.78 is 9.85. The Kier molecular flexibility index (Phi) is 14.0. The molecule has 0 bridgehead atoms. The van der Waals surface area contributed by atoms with Crippen LogP contribution in [0.15, 0.2) is 134 Å². The third-order valence-electron chi connectivity index (χ3n) is 8.29. The Balaban J connectivity index is 0.000000208. The Morgan fingerprint density at radius 2 is 1.04 bits per heavy atom. The number of esters is 2. The van der Waals surface area contributed by atoms with Gasteiger partial charge in [0.2, 0.25) is 0 Å². The van der Waals surface area contributed by atoms with Crippen molar-refractivity contribution in [3.05, 3.63) is 156 Å². The molecule has 0 saturated heterocycles. The first kappa shape index (κ1) is 38.4. The summed E-state index contributed by atoms with van der Waals surface area (Å²) in [4.78, 5) is 52.2. The van der Waals surface area contributed by atoms with Crippen LogP contribution >= 0.6 is 0 Å². The molecule has 2 heterocycles. The lowest BCUT2D eigenvalue weighted by Gasteiger charge is -2.17. The maximum atomic E-state index is 12.2. The number of aliphatic hydroxyl groups is 1. The molecule has 6 aromatic rings. The van der Waals surface area contributed by atoms with E-state index in [4.69, 9.17) is 14.6 Å². The highest BCUT2D eigenvalue weighted by molar-refractivity contribution is 5.80. The van der Waals surface area contributed by atoms with Crippen molar-refractivity contribution in [2.75, 3.05) is 24.9 Å². The molecule has 0 fully saturated rings. The van der Waals surface area contributed by atoms with Gasteiger partial charge >= 0.3 is 11.9 Å². The third-order valence-corrected chi connectivity index (χ3v) is 8.29. The number of aldehydes is 1. The molecule has 12 nitrogen and oxygen atoms in total. The first-order chi connectivity index (χ1) is 26.4. The number of rotatable bonds is 14. The number of benzene rings is 4. The van der Waals surface area contributed by atoms with Crippen molar-refractivity contribution in [2.24, 2.45) is 0 Å². The number of aromatic nitrogens is 4. The summed E-state index contributed by atoms with van der Waals surface area (Å²) in [5, 5.41) is 15.4. The summed E-state index contributed by atoms with van der Waals surface area (Å²) in [6.45, 7) is -0.00282. The molecule has 0 spiro atoms. The van der Waals surface area contributed by atoms with Crippen LogP contribution in [0.5, 0.6) is 0 Å². The van der Waals surface area contributed by atoms with E-state index >= 15 is 0 Å². The van der Waals surface area contributed by atoms with Crippen molar-refractivity contribution >= 4 is 29.9 Å². The number of carbonyl (C=O) groups excluding carboxylic acids is 3. The summed E-state index contributed by atoms with van der Waals surface area (Å²) in [7, 11) is 2.73. The highest BCUT2D eigenvalue weighted by Crippen LogP contribution is 2.22. The van der Waals surface area contributed by atoms with Crippen LogP contribution in [0.25, 0.3) is 22.5 Å². The lowest BCUT2D eigenvalue weighted by atomic mass is 10.1. The van der Waals surface area contributed by atoms with Crippen LogP contribution in [0.3, 0.4) is 0 Å². The second-order valence-electron chi connectivity index (χ2n) is 12.0. The van der Waals surface area contributed by atoms with Crippen LogP contribution in [-0.4, -0.2) is 69.6 Å². The van der Waals surface area contributed by atoms with E-state index in [0.717, 1.165) is 39.8 Å². The van der Waals surface area contributed by atoms with E-state index in [9.17, 15) is 14.4 Å². The van der Waals surface area contributed by atoms with Gasteiger partial charge in [-0.05, 0) is 16.7 Å². The number of hydrogen-bond donors (Lipinski definition) is 3. The zero-order valence-electron chi connectivity index (χ0n) is 29.8. The molecule has 2 atom stereocenters. The van der Waals surface area contributed by atoms with Crippen molar-refractivity contribution < 1.29 is 29.0 Å². The topological polar surface area (TPSA) is 166 Å². The SMILES string of the molecule is COC(=O)C(Cc1ccccc1)Nc1cc(-c2ccc(C=O)cc2)ncn1.COC(=O)C(Cc1ccccc1)Nc1cc(-c2ccc(CO)cc2)ncn1. The molecule has 0 aliphatic carbocycles. The maximum absolute atomic E-state index is 12.2. The minimum atomic E-state index is -0.572. The summed E-state index contributed by atoms with van der Waals surface area (Å²) in [5.41, 5.74) is 6.63. The van der Waals surface area contributed by atoms with E-state index < -0.39 is 12.1 Å². The van der Waals surface area contributed by atoms with Crippen molar-refractivity contribution in [1.82, 2.24) is 19.9 Å². The van der Waals surface area contributed by atoms with Crippen LogP contribution in [0, 0.1) is 0 Å². The van der Waals surface area contributed by atoms with Gasteiger partial charge < -0.3 is 25.2 Å². The molecule has 2 aromatic heterocycles. The molecular formula is C42H40N6O6. The van der Waals surface area contributed by atoms with E-state index in [1.165, 1.54) is 26.9 Å². The molecule has 274 valence electrons. The molecule has 0 radical (unpaired) electrons. The van der Waals surface area contributed by atoms with Crippen LogP contribution in [0.4, 0.5) is 11.6 Å². The van der Waals surface area contributed by atoms with Gasteiger partial charge in [0.05, 0.1) is 32.2 Å². The lowest BCUT2D eigenvalue weighted by Crippen LogP contribution is -2.33. The Hall–Kier alpha value is -6.79. The van der Waals surface area contributed by atoms with Gasteiger partial charge in [-0.15, -0.1) is 0 Å². The number of aliphatic hydroxyl groups excluding tert-OH is 1. The third kappa shape index (κ3) is 11.1. The van der Waals surface area contributed by atoms with Crippen molar-refractivity contribution in [3.63, 3.8) is 0 Å². The fraction of sp³-hybridized carbons (Fsp3) is 0.167. The average Bonchev–Trinajstić information content (AvgIpc) is 3.24. The van der Waals surface area contributed by atoms with Gasteiger partial charge in [0.1, 0.15) is 42.7 Å². The molecule has 54 heavy (non-hydrogen) atoms. The van der Waals surface area contributed by atoms with Crippen molar-refractivity contribution in [3.8, 4) is 22.5 Å². The minimum Gasteiger partial charge on any atom is -0.467 e. The van der Waals surface area contributed by atoms with Gasteiger partial charge in [-0.3, -0.25) is 4.79 Å². The Morgan fingerprint density at radius 1 is 0.611 bits per heavy atom. The molecule has 0 saturated carbocycles. The summed E-state index contributed by atoms with van der Waals surface area (Å²) in [5.74, 6) is 0.337. The first-order valence-electron chi connectivity index (χ1n) is 17.1. The molecule has 0 aliphatic rings. The van der Waals surface area contributed by atoms with Crippen LogP contribution in [0.1, 0.15) is 27.0 Å². The Morgan fingerprint density at radius 3 is 1.43 bits per heavy atom. The maximum Gasteiger partial charge on any atom is 0.328 e. The Bertz CT molecular complexity index is 2100. The number of carbonyl (C=O) groups is 3. The number of nitrogens with one attached hydrogen (secondary N) is 2. The Labute approximate surface area is 313 Å². The minimum absolute atomic E-state index is 0.00282. The molecule has 0 aliphatic heterocycles. The average molecular weight is 725 g/mol. The van der Waals surface area contributed by atoms with Crippen molar-refractivity contribution in [1.29, 1.82) is 0 Å². The fourth-order valence-electron chi connectivity index (χ4n) is 5.43. The molecule has 2 unspecified atom stereocenters. The van der Waals surface area contributed by atoms with E-state index in [2.05, 4.69) is 30.6 Å². The molecule has 6 rings (SSSR count). The van der Waals surface area contributed by atoms with Crippen LogP contribution < -0.4 is 10.6 Å². The number of hydrogen-bond acceptors (Lipinski definition) is 12. The summed E-state index contributed by atoms with van der Waals surface area (Å²) >= 11 is 0. The van der Waals surface area contributed by atoms with E-state index in [0.29, 0.717) is 35.7 Å². The van der Waals surface area contributed by atoms with Crippen LogP contribution in [0.2, 0.25) is 0 Å². The first-order valence-corrected chi connectivity index (χ1v) is 17.1. The van der Waals surface area contributed by atoms with E-state index in [-0.39, 0.29) is 18.5 Å². The van der Waals surface area contributed by atoms with E-state index in [1.807, 2.05) is 97.1 Å². The van der Waals surface area contributed by atoms with Gasteiger partial charge in [0, 0.05) is 41.7 Å². The number of nitrogens with zero attached hydrogens (tertiary/aromatic N) is 4. The highest BCUT2D eigenvalue weighted by Gasteiger charge is 2.21. The largest absolute Gasteiger partial charge is 0.467 e. The fourth-order valence-corrected chi connectivity index (χ4v) is 5.43. The van der Waals surface area contributed by atoms with Gasteiger partial charge in [-0.1, -0.05) is 109 Å².